The Labute approximate surface area is 119 Å². The predicted molar refractivity (Wildman–Crippen MR) is 77.7 cm³/mol. The normalized spacial score (nSPS) is 10.1. The number of rotatable bonds is 5. The van der Waals surface area contributed by atoms with E-state index in [2.05, 4.69) is 4.74 Å². The molecular formula is C17H18O3. The first-order chi connectivity index (χ1) is 9.69. The van der Waals surface area contributed by atoms with Crippen LogP contribution in [-0.2, 0) is 22.6 Å². The van der Waals surface area contributed by atoms with Crippen molar-refractivity contribution in [3.63, 3.8) is 0 Å². The standard InChI is InChI=1S/C17H18O3/c1-13-10-16(9-8-15(13)11-17(18)19-2)20-12-14-6-4-3-5-7-14/h3-10H,11-12H2,1-2H3. The molecule has 0 bridgehead atoms. The summed E-state index contributed by atoms with van der Waals surface area (Å²) in [7, 11) is 1.40. The van der Waals surface area contributed by atoms with Gasteiger partial charge >= 0.3 is 5.97 Å². The van der Waals surface area contributed by atoms with E-state index in [1.807, 2.05) is 55.5 Å². The van der Waals surface area contributed by atoms with Crippen LogP contribution >= 0.6 is 0 Å². The summed E-state index contributed by atoms with van der Waals surface area (Å²) in [6.07, 6.45) is 0.293. The van der Waals surface area contributed by atoms with Crippen molar-refractivity contribution in [2.24, 2.45) is 0 Å². The van der Waals surface area contributed by atoms with Crippen molar-refractivity contribution >= 4 is 5.97 Å². The summed E-state index contributed by atoms with van der Waals surface area (Å²) in [6, 6.07) is 15.8. The molecule has 20 heavy (non-hydrogen) atoms. The van der Waals surface area contributed by atoms with Gasteiger partial charge in [0.15, 0.2) is 0 Å². The van der Waals surface area contributed by atoms with Crippen LogP contribution in [-0.4, -0.2) is 13.1 Å². The van der Waals surface area contributed by atoms with Crippen LogP contribution in [0.25, 0.3) is 0 Å². The van der Waals surface area contributed by atoms with E-state index in [1.54, 1.807) is 0 Å². The van der Waals surface area contributed by atoms with Crippen LogP contribution in [0, 0.1) is 6.92 Å². The fraction of sp³-hybridized carbons (Fsp3) is 0.235. The van der Waals surface area contributed by atoms with Crippen molar-refractivity contribution in [1.29, 1.82) is 0 Å². The van der Waals surface area contributed by atoms with Crippen LogP contribution in [0.5, 0.6) is 5.75 Å². The number of carbonyl (C=O) groups excluding carboxylic acids is 1. The summed E-state index contributed by atoms with van der Waals surface area (Å²) in [5.74, 6) is 0.575. The lowest BCUT2D eigenvalue weighted by Crippen LogP contribution is -2.06. The Balaban J connectivity index is 2.00. The topological polar surface area (TPSA) is 35.5 Å². The molecule has 0 radical (unpaired) electrons. The molecule has 0 spiro atoms. The summed E-state index contributed by atoms with van der Waals surface area (Å²) in [6.45, 7) is 2.50. The highest BCUT2D eigenvalue weighted by molar-refractivity contribution is 5.73. The fourth-order valence-electron chi connectivity index (χ4n) is 1.93. The van der Waals surface area contributed by atoms with E-state index in [4.69, 9.17) is 4.74 Å². The number of aryl methyl sites for hydroxylation is 1. The number of methoxy groups -OCH3 is 1. The summed E-state index contributed by atoms with van der Waals surface area (Å²) < 4.78 is 10.4. The third-order valence-electron chi connectivity index (χ3n) is 3.12. The van der Waals surface area contributed by atoms with E-state index >= 15 is 0 Å². The lowest BCUT2D eigenvalue weighted by Gasteiger charge is -2.10. The van der Waals surface area contributed by atoms with Gasteiger partial charge in [0.25, 0.3) is 0 Å². The Bertz CT molecular complexity index is 576. The van der Waals surface area contributed by atoms with Gasteiger partial charge in [-0.3, -0.25) is 4.79 Å². The predicted octanol–water partition coefficient (Wildman–Crippen LogP) is 3.29. The van der Waals surface area contributed by atoms with Gasteiger partial charge in [0.05, 0.1) is 13.5 Å². The minimum Gasteiger partial charge on any atom is -0.489 e. The van der Waals surface area contributed by atoms with Crippen molar-refractivity contribution < 1.29 is 14.3 Å². The van der Waals surface area contributed by atoms with E-state index in [0.29, 0.717) is 13.0 Å². The molecular weight excluding hydrogens is 252 g/mol. The zero-order chi connectivity index (χ0) is 14.4. The lowest BCUT2D eigenvalue weighted by molar-refractivity contribution is -0.139. The highest BCUT2D eigenvalue weighted by Gasteiger charge is 2.07. The molecule has 3 heteroatoms. The number of hydrogen-bond donors (Lipinski definition) is 0. The molecule has 3 nitrogen and oxygen atoms in total. The van der Waals surface area contributed by atoms with Gasteiger partial charge in [0.1, 0.15) is 12.4 Å². The average Bonchev–Trinajstić information content (AvgIpc) is 2.48. The maximum atomic E-state index is 11.3. The molecule has 0 aliphatic heterocycles. The molecule has 0 aromatic heterocycles. The van der Waals surface area contributed by atoms with Crippen LogP contribution < -0.4 is 4.74 Å². The maximum absolute atomic E-state index is 11.3. The van der Waals surface area contributed by atoms with Crippen molar-refractivity contribution in [2.75, 3.05) is 7.11 Å². The molecule has 2 aromatic carbocycles. The van der Waals surface area contributed by atoms with E-state index in [9.17, 15) is 4.79 Å². The van der Waals surface area contributed by atoms with Crippen molar-refractivity contribution in [2.45, 2.75) is 20.0 Å². The third kappa shape index (κ3) is 3.85. The number of carbonyl (C=O) groups is 1. The smallest absolute Gasteiger partial charge is 0.309 e. The minimum absolute atomic E-state index is 0.231. The second-order valence-corrected chi connectivity index (χ2v) is 4.62. The van der Waals surface area contributed by atoms with Gasteiger partial charge < -0.3 is 9.47 Å². The molecule has 2 rings (SSSR count). The molecule has 0 aliphatic rings. The maximum Gasteiger partial charge on any atom is 0.309 e. The molecule has 0 saturated heterocycles. The molecule has 0 unspecified atom stereocenters. The second-order valence-electron chi connectivity index (χ2n) is 4.62. The Morgan fingerprint density at radius 1 is 1.10 bits per heavy atom. The van der Waals surface area contributed by atoms with Crippen molar-refractivity contribution in [3.05, 3.63) is 65.2 Å². The van der Waals surface area contributed by atoms with Gasteiger partial charge in [-0.15, -0.1) is 0 Å². The molecule has 2 aromatic rings. The Morgan fingerprint density at radius 3 is 2.50 bits per heavy atom. The van der Waals surface area contributed by atoms with Gasteiger partial charge in [0.2, 0.25) is 0 Å². The molecule has 0 heterocycles. The van der Waals surface area contributed by atoms with Crippen LogP contribution in [0.2, 0.25) is 0 Å². The summed E-state index contributed by atoms with van der Waals surface area (Å²) >= 11 is 0. The lowest BCUT2D eigenvalue weighted by atomic mass is 10.1. The van der Waals surface area contributed by atoms with Gasteiger partial charge in [0, 0.05) is 0 Å². The van der Waals surface area contributed by atoms with Crippen LogP contribution in [0.4, 0.5) is 0 Å². The second kappa shape index (κ2) is 6.75. The van der Waals surface area contributed by atoms with Crippen LogP contribution in [0.15, 0.2) is 48.5 Å². The van der Waals surface area contributed by atoms with Gasteiger partial charge in [-0.05, 0) is 35.7 Å². The molecule has 0 saturated carbocycles. The monoisotopic (exact) mass is 270 g/mol. The Hall–Kier alpha value is -2.29. The van der Waals surface area contributed by atoms with Crippen molar-refractivity contribution in [1.82, 2.24) is 0 Å². The van der Waals surface area contributed by atoms with Crippen molar-refractivity contribution in [3.8, 4) is 5.75 Å². The molecule has 0 aliphatic carbocycles. The zero-order valence-corrected chi connectivity index (χ0v) is 11.8. The summed E-state index contributed by atoms with van der Waals surface area (Å²) in [5, 5.41) is 0. The molecule has 0 fully saturated rings. The Kier molecular flexibility index (Phi) is 4.77. The van der Waals surface area contributed by atoms with E-state index in [0.717, 1.165) is 22.4 Å². The van der Waals surface area contributed by atoms with Gasteiger partial charge in [-0.1, -0.05) is 36.4 Å². The highest BCUT2D eigenvalue weighted by atomic mass is 16.5. The van der Waals surface area contributed by atoms with E-state index in [1.165, 1.54) is 7.11 Å². The first-order valence-electron chi connectivity index (χ1n) is 6.52. The number of hydrogen-bond acceptors (Lipinski definition) is 3. The Morgan fingerprint density at radius 2 is 1.85 bits per heavy atom. The van der Waals surface area contributed by atoms with E-state index < -0.39 is 0 Å². The minimum atomic E-state index is -0.231. The number of benzene rings is 2. The quantitative estimate of drug-likeness (QED) is 0.782. The fourth-order valence-corrected chi connectivity index (χ4v) is 1.93. The van der Waals surface area contributed by atoms with Gasteiger partial charge in [-0.25, -0.2) is 0 Å². The molecule has 0 N–H and O–H groups in total. The first-order valence-corrected chi connectivity index (χ1v) is 6.52. The number of ether oxygens (including phenoxy) is 2. The highest BCUT2D eigenvalue weighted by Crippen LogP contribution is 2.19. The molecule has 104 valence electrons. The number of esters is 1. The van der Waals surface area contributed by atoms with Gasteiger partial charge in [-0.2, -0.15) is 0 Å². The molecule has 0 atom stereocenters. The zero-order valence-electron chi connectivity index (χ0n) is 11.8. The van der Waals surface area contributed by atoms with E-state index in [-0.39, 0.29) is 5.97 Å². The molecule has 0 amide bonds. The first kappa shape index (κ1) is 14.1. The van der Waals surface area contributed by atoms with Crippen LogP contribution in [0.1, 0.15) is 16.7 Å². The summed E-state index contributed by atoms with van der Waals surface area (Å²) in [4.78, 5) is 11.3. The average molecular weight is 270 g/mol. The third-order valence-corrected chi connectivity index (χ3v) is 3.12. The summed E-state index contributed by atoms with van der Waals surface area (Å²) in [5.41, 5.74) is 3.12. The van der Waals surface area contributed by atoms with Crippen LogP contribution in [0.3, 0.4) is 0 Å². The SMILES string of the molecule is COC(=O)Cc1ccc(OCc2ccccc2)cc1C. The largest absolute Gasteiger partial charge is 0.489 e.